The fourth-order valence-corrected chi connectivity index (χ4v) is 3.80. The highest BCUT2D eigenvalue weighted by atomic mass is 19.1. The van der Waals surface area contributed by atoms with Crippen LogP contribution in [0.1, 0.15) is 23.1 Å². The Labute approximate surface area is 187 Å². The van der Waals surface area contributed by atoms with Crippen LogP contribution in [0.2, 0.25) is 0 Å². The van der Waals surface area contributed by atoms with Crippen LogP contribution in [0.25, 0.3) is 22.4 Å². The summed E-state index contributed by atoms with van der Waals surface area (Å²) in [5.41, 5.74) is 2.99. The van der Waals surface area contributed by atoms with E-state index in [0.717, 1.165) is 17.7 Å². The number of morpholine rings is 1. The van der Waals surface area contributed by atoms with E-state index in [2.05, 4.69) is 25.0 Å². The highest BCUT2D eigenvalue weighted by Crippen LogP contribution is 2.32. The van der Waals surface area contributed by atoms with Gasteiger partial charge >= 0.3 is 0 Å². The minimum atomic E-state index is -1.10. The van der Waals surface area contributed by atoms with Crippen molar-refractivity contribution in [3.63, 3.8) is 0 Å². The van der Waals surface area contributed by atoms with E-state index < -0.39 is 24.0 Å². The highest BCUT2D eigenvalue weighted by Gasteiger charge is 2.31. The van der Waals surface area contributed by atoms with Crippen LogP contribution in [-0.4, -0.2) is 54.2 Å². The fourth-order valence-electron chi connectivity index (χ4n) is 3.80. The van der Waals surface area contributed by atoms with E-state index in [-0.39, 0.29) is 29.4 Å². The maximum absolute atomic E-state index is 14.7. The Morgan fingerprint density at radius 3 is 2.58 bits per heavy atom. The molecule has 11 heteroatoms. The van der Waals surface area contributed by atoms with Gasteiger partial charge in [0.15, 0.2) is 11.9 Å². The predicted octanol–water partition coefficient (Wildman–Crippen LogP) is 2.61. The molecule has 1 N–H and O–H groups in total. The summed E-state index contributed by atoms with van der Waals surface area (Å²) in [6, 6.07) is 3.28. The lowest BCUT2D eigenvalue weighted by molar-refractivity contribution is -0.145. The van der Waals surface area contributed by atoms with Gasteiger partial charge in [0.2, 0.25) is 5.95 Å². The number of nitrogens with zero attached hydrogens (tertiary/aromatic N) is 7. The zero-order valence-electron chi connectivity index (χ0n) is 18.2. The van der Waals surface area contributed by atoms with Crippen molar-refractivity contribution >= 4 is 17.1 Å². The van der Waals surface area contributed by atoms with E-state index in [4.69, 9.17) is 4.74 Å². The molecule has 0 unspecified atom stereocenters. The number of β-amino-alcohol motifs (C(OH)–C–C–N with tert-alkyl or cyclic N) is 1. The molecule has 4 heterocycles. The average molecular weight is 453 g/mol. The summed E-state index contributed by atoms with van der Waals surface area (Å²) in [5, 5.41) is 14.5. The Hall–Kier alpha value is -3.57. The SMILES string of the molecule is Cc1nc2nc(N3C[C@H](O)O[C@@H](c4cnn(C)c4)C3)nc(-c3ccc(F)cc3F)c2nc1C. The summed E-state index contributed by atoms with van der Waals surface area (Å²) in [7, 11) is 1.79. The quantitative estimate of drug-likeness (QED) is 0.505. The average Bonchev–Trinajstić information content (AvgIpc) is 3.20. The number of halogens is 2. The number of ether oxygens (including phenoxy) is 1. The van der Waals surface area contributed by atoms with Crippen molar-refractivity contribution in [2.24, 2.45) is 7.05 Å². The maximum atomic E-state index is 14.7. The van der Waals surface area contributed by atoms with Gasteiger partial charge in [-0.2, -0.15) is 10.1 Å². The molecule has 0 saturated carbocycles. The van der Waals surface area contributed by atoms with E-state index in [1.165, 1.54) is 6.07 Å². The normalized spacial score (nSPS) is 18.8. The summed E-state index contributed by atoms with van der Waals surface area (Å²) in [4.78, 5) is 19.9. The number of fused-ring (bicyclic) bond motifs is 1. The zero-order valence-corrected chi connectivity index (χ0v) is 18.2. The van der Waals surface area contributed by atoms with Crippen molar-refractivity contribution in [1.82, 2.24) is 29.7 Å². The first-order valence-electron chi connectivity index (χ1n) is 10.3. The number of aliphatic hydroxyl groups excluding tert-OH is 1. The Morgan fingerprint density at radius 1 is 1.06 bits per heavy atom. The molecule has 1 saturated heterocycles. The molecule has 5 rings (SSSR count). The van der Waals surface area contributed by atoms with Crippen molar-refractivity contribution in [3.8, 4) is 11.3 Å². The van der Waals surface area contributed by atoms with Gasteiger partial charge in [0, 0.05) is 30.4 Å². The minimum absolute atomic E-state index is 0.0835. The molecule has 1 aromatic carbocycles. The van der Waals surface area contributed by atoms with Crippen LogP contribution in [0.4, 0.5) is 14.7 Å². The molecular weight excluding hydrogens is 432 g/mol. The molecule has 170 valence electrons. The molecule has 9 nitrogen and oxygen atoms in total. The Bertz CT molecular complexity index is 1360. The van der Waals surface area contributed by atoms with Crippen LogP contribution in [0.5, 0.6) is 0 Å². The number of aliphatic hydroxyl groups is 1. The number of benzene rings is 1. The van der Waals surface area contributed by atoms with Crippen molar-refractivity contribution in [2.75, 3.05) is 18.0 Å². The second-order valence-corrected chi connectivity index (χ2v) is 7.99. The molecule has 0 aliphatic carbocycles. The molecule has 1 aliphatic rings. The van der Waals surface area contributed by atoms with Crippen molar-refractivity contribution in [3.05, 3.63) is 59.2 Å². The molecule has 0 amide bonds. The number of aromatic nitrogens is 6. The van der Waals surface area contributed by atoms with Crippen molar-refractivity contribution in [2.45, 2.75) is 26.2 Å². The van der Waals surface area contributed by atoms with Crippen LogP contribution in [0.15, 0.2) is 30.6 Å². The molecule has 33 heavy (non-hydrogen) atoms. The van der Waals surface area contributed by atoms with Gasteiger partial charge in [-0.3, -0.25) is 4.68 Å². The molecule has 0 spiro atoms. The second-order valence-electron chi connectivity index (χ2n) is 7.99. The third-order valence-corrected chi connectivity index (χ3v) is 5.58. The molecule has 4 aromatic rings. The lowest BCUT2D eigenvalue weighted by Crippen LogP contribution is -2.44. The third kappa shape index (κ3) is 4.00. The first-order valence-corrected chi connectivity index (χ1v) is 10.3. The number of anilines is 1. The molecule has 0 bridgehead atoms. The zero-order chi connectivity index (χ0) is 23.3. The molecule has 1 aliphatic heterocycles. The Kier molecular flexibility index (Phi) is 5.22. The Morgan fingerprint density at radius 2 is 1.85 bits per heavy atom. The number of rotatable bonds is 3. The van der Waals surface area contributed by atoms with E-state index >= 15 is 0 Å². The van der Waals surface area contributed by atoms with Gasteiger partial charge in [-0.15, -0.1) is 0 Å². The summed E-state index contributed by atoms with van der Waals surface area (Å²) in [6.45, 7) is 4.03. The number of hydrogen-bond donors (Lipinski definition) is 1. The van der Waals surface area contributed by atoms with Gasteiger partial charge < -0.3 is 14.7 Å². The fraction of sp³-hybridized carbons (Fsp3) is 0.318. The number of hydrogen-bond acceptors (Lipinski definition) is 8. The van der Waals surface area contributed by atoms with Gasteiger partial charge in [-0.25, -0.2) is 23.7 Å². The number of aryl methyl sites for hydroxylation is 3. The van der Waals surface area contributed by atoms with E-state index in [0.29, 0.717) is 23.4 Å². The molecule has 1 fully saturated rings. The molecule has 3 aromatic heterocycles. The summed E-state index contributed by atoms with van der Waals surface area (Å²) in [5.74, 6) is -1.23. The van der Waals surface area contributed by atoms with Gasteiger partial charge in [-0.05, 0) is 26.0 Å². The third-order valence-electron chi connectivity index (χ3n) is 5.58. The highest BCUT2D eigenvalue weighted by molar-refractivity contribution is 5.88. The molecule has 0 radical (unpaired) electrons. The smallest absolute Gasteiger partial charge is 0.228 e. The van der Waals surface area contributed by atoms with Gasteiger partial charge in [-0.1, -0.05) is 0 Å². The minimum Gasteiger partial charge on any atom is -0.366 e. The predicted molar refractivity (Wildman–Crippen MR) is 115 cm³/mol. The van der Waals surface area contributed by atoms with Crippen molar-refractivity contribution < 1.29 is 18.6 Å². The van der Waals surface area contributed by atoms with Crippen LogP contribution in [0, 0.1) is 25.5 Å². The largest absolute Gasteiger partial charge is 0.366 e. The Balaban J connectivity index is 1.64. The van der Waals surface area contributed by atoms with Gasteiger partial charge in [0.1, 0.15) is 28.9 Å². The van der Waals surface area contributed by atoms with Crippen LogP contribution >= 0.6 is 0 Å². The second kappa shape index (κ2) is 8.09. The van der Waals surface area contributed by atoms with Gasteiger partial charge in [0.25, 0.3) is 0 Å². The molecular formula is C22H21F2N7O2. The van der Waals surface area contributed by atoms with Gasteiger partial charge in [0.05, 0.1) is 30.7 Å². The monoisotopic (exact) mass is 453 g/mol. The van der Waals surface area contributed by atoms with E-state index in [9.17, 15) is 13.9 Å². The summed E-state index contributed by atoms with van der Waals surface area (Å²) >= 11 is 0. The van der Waals surface area contributed by atoms with Crippen LogP contribution < -0.4 is 4.90 Å². The lowest BCUT2D eigenvalue weighted by Gasteiger charge is -2.35. The van der Waals surface area contributed by atoms with Crippen LogP contribution in [-0.2, 0) is 11.8 Å². The van der Waals surface area contributed by atoms with E-state index in [1.807, 2.05) is 0 Å². The van der Waals surface area contributed by atoms with Crippen molar-refractivity contribution in [1.29, 1.82) is 0 Å². The summed E-state index contributed by atoms with van der Waals surface area (Å²) in [6.07, 6.45) is 1.90. The summed E-state index contributed by atoms with van der Waals surface area (Å²) < 4.78 is 35.6. The lowest BCUT2D eigenvalue weighted by atomic mass is 10.1. The first-order chi connectivity index (χ1) is 15.8. The maximum Gasteiger partial charge on any atom is 0.228 e. The first kappa shape index (κ1) is 21.3. The topological polar surface area (TPSA) is 102 Å². The molecule has 2 atom stereocenters. The van der Waals surface area contributed by atoms with Crippen LogP contribution in [0.3, 0.4) is 0 Å². The van der Waals surface area contributed by atoms with E-state index in [1.54, 1.807) is 42.9 Å². The standard InChI is InChI=1S/C22H21F2N7O2/c1-11-12(2)27-21-20(26-11)19(15-5-4-14(23)6-16(15)24)28-22(29-21)31-9-17(33-18(32)10-31)13-7-25-30(3)8-13/h4-8,17-18,32H,9-10H2,1-3H3/t17-,18-/m1/s1.